The summed E-state index contributed by atoms with van der Waals surface area (Å²) < 4.78 is 0. The Balaban J connectivity index is 1.85. The minimum atomic E-state index is 0.211. The third-order valence-corrected chi connectivity index (χ3v) is 4.36. The highest BCUT2D eigenvalue weighted by molar-refractivity contribution is 9.09. The number of carbonyl (C=O) groups is 1. The van der Waals surface area contributed by atoms with Crippen molar-refractivity contribution in [2.75, 3.05) is 31.5 Å². The Morgan fingerprint density at radius 1 is 1.35 bits per heavy atom. The highest BCUT2D eigenvalue weighted by Gasteiger charge is 2.18. The SMILES string of the molecule is O=C(CBr)N1CCCN(Cc2cccs2)CC1. The fourth-order valence-corrected chi connectivity index (χ4v) is 3.19. The molecule has 1 fully saturated rings. The lowest BCUT2D eigenvalue weighted by molar-refractivity contribution is -0.128. The van der Waals surface area contributed by atoms with Crippen molar-refractivity contribution >= 4 is 33.2 Å². The van der Waals surface area contributed by atoms with Gasteiger partial charge in [0.2, 0.25) is 5.91 Å². The van der Waals surface area contributed by atoms with Crippen molar-refractivity contribution in [1.82, 2.24) is 9.80 Å². The number of nitrogens with zero attached hydrogens (tertiary/aromatic N) is 2. The molecular weight excluding hydrogens is 300 g/mol. The number of rotatable bonds is 3. The minimum absolute atomic E-state index is 0.211. The Morgan fingerprint density at radius 2 is 2.24 bits per heavy atom. The third kappa shape index (κ3) is 3.79. The Morgan fingerprint density at radius 3 is 2.94 bits per heavy atom. The number of hydrogen-bond acceptors (Lipinski definition) is 3. The minimum Gasteiger partial charge on any atom is -0.341 e. The summed E-state index contributed by atoms with van der Waals surface area (Å²) in [6.45, 7) is 4.84. The van der Waals surface area contributed by atoms with E-state index in [0.717, 1.165) is 39.1 Å². The maximum atomic E-state index is 11.6. The highest BCUT2D eigenvalue weighted by atomic mass is 79.9. The molecule has 0 N–H and O–H groups in total. The fraction of sp³-hybridized carbons (Fsp3) is 0.583. The molecule has 1 aromatic rings. The molecule has 0 atom stereocenters. The molecule has 5 heteroatoms. The predicted molar refractivity (Wildman–Crippen MR) is 74.6 cm³/mol. The van der Waals surface area contributed by atoms with Gasteiger partial charge in [-0.1, -0.05) is 22.0 Å². The molecule has 0 radical (unpaired) electrons. The maximum Gasteiger partial charge on any atom is 0.233 e. The van der Waals surface area contributed by atoms with Crippen LogP contribution in [0.5, 0.6) is 0 Å². The number of halogens is 1. The summed E-state index contributed by atoms with van der Waals surface area (Å²) in [7, 11) is 0. The van der Waals surface area contributed by atoms with E-state index in [-0.39, 0.29) is 5.91 Å². The molecule has 0 spiro atoms. The van der Waals surface area contributed by atoms with Crippen LogP contribution in [0.1, 0.15) is 11.3 Å². The Kier molecular flexibility index (Phi) is 5.00. The lowest BCUT2D eigenvalue weighted by Crippen LogP contribution is -2.35. The molecule has 1 saturated heterocycles. The first-order chi connectivity index (χ1) is 8.29. The van der Waals surface area contributed by atoms with Crippen molar-refractivity contribution in [1.29, 1.82) is 0 Å². The quantitative estimate of drug-likeness (QED) is 0.798. The van der Waals surface area contributed by atoms with E-state index in [9.17, 15) is 4.79 Å². The molecule has 0 unspecified atom stereocenters. The van der Waals surface area contributed by atoms with Crippen LogP contribution in [-0.4, -0.2) is 47.2 Å². The summed E-state index contributed by atoms with van der Waals surface area (Å²) in [5.74, 6) is 0.211. The van der Waals surface area contributed by atoms with E-state index in [0.29, 0.717) is 5.33 Å². The van der Waals surface area contributed by atoms with Crippen LogP contribution in [0.2, 0.25) is 0 Å². The van der Waals surface area contributed by atoms with Crippen LogP contribution < -0.4 is 0 Å². The Bertz CT molecular complexity index is 355. The molecule has 2 rings (SSSR count). The smallest absolute Gasteiger partial charge is 0.233 e. The van der Waals surface area contributed by atoms with Gasteiger partial charge in [0.25, 0.3) is 0 Å². The zero-order chi connectivity index (χ0) is 12.1. The van der Waals surface area contributed by atoms with Gasteiger partial charge in [0.05, 0.1) is 5.33 Å². The Hall–Kier alpha value is -0.390. The van der Waals surface area contributed by atoms with E-state index < -0.39 is 0 Å². The van der Waals surface area contributed by atoms with Gasteiger partial charge in [-0.05, 0) is 17.9 Å². The summed E-state index contributed by atoms with van der Waals surface area (Å²) in [5, 5.41) is 2.56. The van der Waals surface area contributed by atoms with E-state index in [1.807, 2.05) is 4.90 Å². The molecule has 17 heavy (non-hydrogen) atoms. The molecule has 1 aliphatic heterocycles. The third-order valence-electron chi connectivity index (χ3n) is 3.02. The maximum absolute atomic E-state index is 11.6. The van der Waals surface area contributed by atoms with Gasteiger partial charge in [-0.15, -0.1) is 11.3 Å². The fourth-order valence-electron chi connectivity index (χ4n) is 2.09. The van der Waals surface area contributed by atoms with Gasteiger partial charge in [0.1, 0.15) is 0 Å². The van der Waals surface area contributed by atoms with Crippen molar-refractivity contribution in [3.05, 3.63) is 22.4 Å². The standard InChI is InChI=1S/C12H17BrN2OS/c13-9-12(16)15-5-2-4-14(6-7-15)10-11-3-1-8-17-11/h1,3,8H,2,4-7,9-10H2. The number of amides is 1. The number of hydrogen-bond donors (Lipinski definition) is 0. The van der Waals surface area contributed by atoms with E-state index in [4.69, 9.17) is 0 Å². The van der Waals surface area contributed by atoms with E-state index in [2.05, 4.69) is 38.3 Å². The van der Waals surface area contributed by atoms with Crippen LogP contribution in [0.3, 0.4) is 0 Å². The van der Waals surface area contributed by atoms with Crippen molar-refractivity contribution in [3.8, 4) is 0 Å². The van der Waals surface area contributed by atoms with Gasteiger partial charge in [0, 0.05) is 37.6 Å². The summed E-state index contributed by atoms with van der Waals surface area (Å²) >= 11 is 5.04. The number of thiophene rings is 1. The Labute approximate surface area is 115 Å². The normalized spacial score (nSPS) is 18.1. The van der Waals surface area contributed by atoms with E-state index >= 15 is 0 Å². The van der Waals surface area contributed by atoms with Crippen LogP contribution in [0.15, 0.2) is 17.5 Å². The van der Waals surface area contributed by atoms with Crippen molar-refractivity contribution in [2.24, 2.45) is 0 Å². The lowest BCUT2D eigenvalue weighted by atomic mass is 10.3. The first-order valence-corrected chi connectivity index (χ1v) is 7.88. The first kappa shape index (κ1) is 13.1. The predicted octanol–water partition coefficient (Wildman–Crippen LogP) is 2.18. The molecule has 0 saturated carbocycles. The van der Waals surface area contributed by atoms with Gasteiger partial charge in [-0.2, -0.15) is 0 Å². The zero-order valence-corrected chi connectivity index (χ0v) is 12.2. The second-order valence-electron chi connectivity index (χ2n) is 4.22. The number of alkyl halides is 1. The van der Waals surface area contributed by atoms with Crippen LogP contribution in [-0.2, 0) is 11.3 Å². The van der Waals surface area contributed by atoms with Crippen molar-refractivity contribution in [3.63, 3.8) is 0 Å². The van der Waals surface area contributed by atoms with Crippen molar-refractivity contribution in [2.45, 2.75) is 13.0 Å². The molecule has 1 amide bonds. The average molecular weight is 317 g/mol. The molecule has 0 aliphatic carbocycles. The van der Waals surface area contributed by atoms with Gasteiger partial charge < -0.3 is 4.90 Å². The molecule has 0 aromatic carbocycles. The monoisotopic (exact) mass is 316 g/mol. The molecule has 1 aliphatic rings. The second-order valence-corrected chi connectivity index (χ2v) is 5.82. The molecular formula is C12H17BrN2OS. The van der Waals surface area contributed by atoms with Crippen LogP contribution in [0.25, 0.3) is 0 Å². The molecule has 2 heterocycles. The lowest BCUT2D eigenvalue weighted by Gasteiger charge is -2.20. The van der Waals surface area contributed by atoms with Crippen LogP contribution in [0.4, 0.5) is 0 Å². The molecule has 0 bridgehead atoms. The summed E-state index contributed by atoms with van der Waals surface area (Å²) in [6.07, 6.45) is 1.07. The van der Waals surface area contributed by atoms with Gasteiger partial charge in [0.15, 0.2) is 0 Å². The summed E-state index contributed by atoms with van der Waals surface area (Å²) in [5.41, 5.74) is 0. The number of carbonyl (C=O) groups excluding carboxylic acids is 1. The zero-order valence-electron chi connectivity index (χ0n) is 9.77. The summed E-state index contributed by atoms with van der Waals surface area (Å²) in [6, 6.07) is 4.27. The van der Waals surface area contributed by atoms with Gasteiger partial charge in [-0.25, -0.2) is 0 Å². The van der Waals surface area contributed by atoms with Crippen LogP contribution >= 0.6 is 27.3 Å². The largest absolute Gasteiger partial charge is 0.341 e. The second kappa shape index (κ2) is 6.52. The topological polar surface area (TPSA) is 23.6 Å². The molecule has 3 nitrogen and oxygen atoms in total. The van der Waals surface area contributed by atoms with E-state index in [1.54, 1.807) is 11.3 Å². The van der Waals surface area contributed by atoms with Crippen molar-refractivity contribution < 1.29 is 4.79 Å². The first-order valence-electron chi connectivity index (χ1n) is 5.88. The van der Waals surface area contributed by atoms with Gasteiger partial charge >= 0.3 is 0 Å². The van der Waals surface area contributed by atoms with Gasteiger partial charge in [-0.3, -0.25) is 9.69 Å². The van der Waals surface area contributed by atoms with E-state index in [1.165, 1.54) is 4.88 Å². The molecule has 94 valence electrons. The summed E-state index contributed by atoms with van der Waals surface area (Å²) in [4.78, 5) is 17.4. The highest BCUT2D eigenvalue weighted by Crippen LogP contribution is 2.13. The molecule has 1 aromatic heterocycles. The average Bonchev–Trinajstić information content (AvgIpc) is 2.73. The van der Waals surface area contributed by atoms with Crippen LogP contribution in [0, 0.1) is 0 Å².